The van der Waals surface area contributed by atoms with Crippen LogP contribution in [0.4, 0.5) is 21.6 Å². The Bertz CT molecular complexity index is 594. The summed E-state index contributed by atoms with van der Waals surface area (Å²) in [6.07, 6.45) is 1.63. The van der Waals surface area contributed by atoms with Crippen molar-refractivity contribution in [3.63, 3.8) is 0 Å². The smallest absolute Gasteiger partial charge is 0.165 e. The summed E-state index contributed by atoms with van der Waals surface area (Å²) in [5.41, 5.74) is 7.69. The highest BCUT2D eigenvalue weighted by Crippen LogP contribution is 2.22. The van der Waals surface area contributed by atoms with E-state index in [-0.39, 0.29) is 5.82 Å². The molecule has 1 aromatic carbocycles. The van der Waals surface area contributed by atoms with Crippen LogP contribution in [-0.4, -0.2) is 31.2 Å². The molecule has 2 N–H and O–H groups in total. The number of pyridine rings is 1. The zero-order valence-corrected chi connectivity index (χ0v) is 11.2. The van der Waals surface area contributed by atoms with Crippen molar-refractivity contribution in [1.82, 2.24) is 4.98 Å². The molecule has 5 heteroatoms. The van der Waals surface area contributed by atoms with Crippen molar-refractivity contribution in [3.05, 3.63) is 48.4 Å². The maximum atomic E-state index is 13.7. The number of hydrogen-bond donors (Lipinski definition) is 1. The standard InChI is InChI=1S/C15H17FN4/c16-14-5-2-6-18-15(14)20-9-7-19(8-10-20)13-4-1-3-12(17)11-13/h1-6,11H,7-10,17H2. The summed E-state index contributed by atoms with van der Waals surface area (Å²) in [6.45, 7) is 3.17. The molecule has 3 rings (SSSR count). The molecule has 0 spiro atoms. The van der Waals surface area contributed by atoms with Crippen molar-refractivity contribution in [3.8, 4) is 0 Å². The molecule has 0 saturated carbocycles. The van der Waals surface area contributed by atoms with Crippen molar-refractivity contribution < 1.29 is 4.39 Å². The van der Waals surface area contributed by atoms with Crippen molar-refractivity contribution in [1.29, 1.82) is 0 Å². The van der Waals surface area contributed by atoms with Crippen molar-refractivity contribution in [2.45, 2.75) is 0 Å². The number of benzene rings is 1. The molecule has 20 heavy (non-hydrogen) atoms. The minimum atomic E-state index is -0.259. The quantitative estimate of drug-likeness (QED) is 0.851. The van der Waals surface area contributed by atoms with Gasteiger partial charge in [0, 0.05) is 43.8 Å². The van der Waals surface area contributed by atoms with Crippen molar-refractivity contribution in [2.75, 3.05) is 41.7 Å². The van der Waals surface area contributed by atoms with Gasteiger partial charge in [-0.1, -0.05) is 6.07 Å². The lowest BCUT2D eigenvalue weighted by atomic mass is 10.2. The Morgan fingerprint density at radius 2 is 1.75 bits per heavy atom. The van der Waals surface area contributed by atoms with E-state index in [1.54, 1.807) is 12.3 Å². The Morgan fingerprint density at radius 1 is 1.00 bits per heavy atom. The van der Waals surface area contributed by atoms with Gasteiger partial charge in [-0.05, 0) is 30.3 Å². The van der Waals surface area contributed by atoms with Crippen LogP contribution in [0.5, 0.6) is 0 Å². The number of nitrogens with two attached hydrogens (primary N) is 1. The van der Waals surface area contributed by atoms with E-state index in [2.05, 4.69) is 9.88 Å². The van der Waals surface area contributed by atoms with E-state index < -0.39 is 0 Å². The molecule has 2 aromatic rings. The van der Waals surface area contributed by atoms with Crippen LogP contribution < -0.4 is 15.5 Å². The summed E-state index contributed by atoms with van der Waals surface area (Å²) in [4.78, 5) is 8.37. The van der Waals surface area contributed by atoms with Crippen LogP contribution in [0.15, 0.2) is 42.6 Å². The fourth-order valence-corrected chi connectivity index (χ4v) is 2.51. The van der Waals surface area contributed by atoms with Crippen LogP contribution in [0.25, 0.3) is 0 Å². The zero-order valence-electron chi connectivity index (χ0n) is 11.2. The third-order valence-corrected chi connectivity index (χ3v) is 3.55. The molecule has 0 radical (unpaired) electrons. The predicted octanol–water partition coefficient (Wildman–Crippen LogP) is 2.13. The molecule has 0 amide bonds. The van der Waals surface area contributed by atoms with Crippen LogP contribution in [0, 0.1) is 5.82 Å². The van der Waals surface area contributed by atoms with E-state index in [1.165, 1.54) is 6.07 Å². The lowest BCUT2D eigenvalue weighted by Crippen LogP contribution is -2.47. The summed E-state index contributed by atoms with van der Waals surface area (Å²) in [5, 5.41) is 0. The Labute approximate surface area is 117 Å². The minimum absolute atomic E-state index is 0.259. The van der Waals surface area contributed by atoms with Gasteiger partial charge in [0.25, 0.3) is 0 Å². The molecule has 2 heterocycles. The zero-order chi connectivity index (χ0) is 13.9. The SMILES string of the molecule is Nc1cccc(N2CCN(c3ncccc3F)CC2)c1. The summed E-state index contributed by atoms with van der Waals surface area (Å²) < 4.78 is 13.7. The van der Waals surface area contributed by atoms with Crippen LogP contribution >= 0.6 is 0 Å². The molecule has 1 aliphatic heterocycles. The summed E-state index contributed by atoms with van der Waals surface area (Å²) >= 11 is 0. The lowest BCUT2D eigenvalue weighted by Gasteiger charge is -2.36. The van der Waals surface area contributed by atoms with E-state index in [0.717, 1.165) is 37.6 Å². The molecule has 0 atom stereocenters. The maximum Gasteiger partial charge on any atom is 0.165 e. The van der Waals surface area contributed by atoms with Gasteiger partial charge in [-0.25, -0.2) is 9.37 Å². The van der Waals surface area contributed by atoms with Crippen LogP contribution in [0.2, 0.25) is 0 Å². The second kappa shape index (κ2) is 5.36. The summed E-state index contributed by atoms with van der Waals surface area (Å²) in [5.74, 6) is 0.185. The Hall–Kier alpha value is -2.30. The van der Waals surface area contributed by atoms with Crippen molar-refractivity contribution in [2.24, 2.45) is 0 Å². The van der Waals surface area contributed by atoms with Crippen LogP contribution in [0.1, 0.15) is 0 Å². The Morgan fingerprint density at radius 3 is 2.45 bits per heavy atom. The number of hydrogen-bond acceptors (Lipinski definition) is 4. The number of nitrogen functional groups attached to an aromatic ring is 1. The molecule has 104 valence electrons. The van der Waals surface area contributed by atoms with E-state index in [9.17, 15) is 4.39 Å². The van der Waals surface area contributed by atoms with Crippen molar-refractivity contribution >= 4 is 17.2 Å². The van der Waals surface area contributed by atoms with Crippen LogP contribution in [-0.2, 0) is 0 Å². The molecule has 0 bridgehead atoms. The van der Waals surface area contributed by atoms with E-state index in [1.807, 2.05) is 29.2 Å². The first-order valence-electron chi connectivity index (χ1n) is 6.70. The van der Waals surface area contributed by atoms with Gasteiger partial charge < -0.3 is 15.5 Å². The number of rotatable bonds is 2. The van der Waals surface area contributed by atoms with E-state index in [0.29, 0.717) is 5.82 Å². The highest BCUT2D eigenvalue weighted by Gasteiger charge is 2.20. The number of halogens is 1. The first kappa shape index (κ1) is 12.7. The van der Waals surface area contributed by atoms with Gasteiger partial charge in [0.15, 0.2) is 11.6 Å². The second-order valence-electron chi connectivity index (χ2n) is 4.88. The van der Waals surface area contributed by atoms with Gasteiger partial charge in [-0.3, -0.25) is 0 Å². The topological polar surface area (TPSA) is 45.4 Å². The predicted molar refractivity (Wildman–Crippen MR) is 79.5 cm³/mol. The molecule has 4 nitrogen and oxygen atoms in total. The van der Waals surface area contributed by atoms with Gasteiger partial charge >= 0.3 is 0 Å². The van der Waals surface area contributed by atoms with Gasteiger partial charge in [0.05, 0.1) is 0 Å². The van der Waals surface area contributed by atoms with E-state index in [4.69, 9.17) is 5.73 Å². The lowest BCUT2D eigenvalue weighted by molar-refractivity contribution is 0.588. The molecule has 0 unspecified atom stereocenters. The monoisotopic (exact) mass is 272 g/mol. The second-order valence-corrected chi connectivity index (χ2v) is 4.88. The average Bonchev–Trinajstić information content (AvgIpc) is 2.48. The minimum Gasteiger partial charge on any atom is -0.399 e. The third kappa shape index (κ3) is 2.52. The number of anilines is 3. The van der Waals surface area contributed by atoms with Crippen LogP contribution in [0.3, 0.4) is 0 Å². The van der Waals surface area contributed by atoms with Gasteiger partial charge in [0.2, 0.25) is 0 Å². The molecule has 1 aliphatic rings. The summed E-state index contributed by atoms with van der Waals surface area (Å²) in [7, 11) is 0. The highest BCUT2D eigenvalue weighted by atomic mass is 19.1. The molecule has 1 saturated heterocycles. The molecule has 1 fully saturated rings. The highest BCUT2D eigenvalue weighted by molar-refractivity contribution is 5.57. The molecule has 1 aromatic heterocycles. The van der Waals surface area contributed by atoms with Gasteiger partial charge in [-0.2, -0.15) is 0 Å². The largest absolute Gasteiger partial charge is 0.399 e. The van der Waals surface area contributed by atoms with Gasteiger partial charge in [0.1, 0.15) is 0 Å². The number of aromatic nitrogens is 1. The first-order valence-corrected chi connectivity index (χ1v) is 6.70. The first-order chi connectivity index (χ1) is 9.74. The molecular formula is C15H17FN4. The molecular weight excluding hydrogens is 255 g/mol. The average molecular weight is 272 g/mol. The maximum absolute atomic E-state index is 13.7. The Balaban J connectivity index is 1.70. The molecule has 0 aliphatic carbocycles. The van der Waals surface area contributed by atoms with Gasteiger partial charge in [-0.15, -0.1) is 0 Å². The fraction of sp³-hybridized carbons (Fsp3) is 0.267. The van der Waals surface area contributed by atoms with E-state index >= 15 is 0 Å². The number of piperazine rings is 1. The normalized spacial score (nSPS) is 15.4. The summed E-state index contributed by atoms with van der Waals surface area (Å²) in [6, 6.07) is 10.9. The Kier molecular flexibility index (Phi) is 3.41. The third-order valence-electron chi connectivity index (χ3n) is 3.55. The fourth-order valence-electron chi connectivity index (χ4n) is 2.51. The number of nitrogens with zero attached hydrogens (tertiary/aromatic N) is 3.